The van der Waals surface area contributed by atoms with Gasteiger partial charge < -0.3 is 18.9 Å². The summed E-state index contributed by atoms with van der Waals surface area (Å²) in [6, 6.07) is 25.1. The fourth-order valence-electron chi connectivity index (χ4n) is 4.63. The molecule has 1 aliphatic heterocycles. The monoisotopic (exact) mass is 689 g/mol. The highest BCUT2D eigenvalue weighted by atomic mass is 32.2. The van der Waals surface area contributed by atoms with E-state index in [1.54, 1.807) is 35.3 Å². The van der Waals surface area contributed by atoms with Crippen LogP contribution in [0.4, 0.5) is 0 Å². The van der Waals surface area contributed by atoms with Gasteiger partial charge in [0.2, 0.25) is 0 Å². The first-order valence-electron chi connectivity index (χ1n) is 15.8. The fraction of sp³-hybridized carbons (Fsp3) is 0.324. The molecule has 4 aromatic carbocycles. The summed E-state index contributed by atoms with van der Waals surface area (Å²) in [7, 11) is 0. The van der Waals surface area contributed by atoms with E-state index in [9.17, 15) is 5.26 Å². The Bertz CT molecular complexity index is 1690. The Balaban J connectivity index is 1.79. The van der Waals surface area contributed by atoms with Gasteiger partial charge in [0.1, 0.15) is 29.1 Å². The third-order valence-electron chi connectivity index (χ3n) is 6.70. The predicted octanol–water partition coefficient (Wildman–Crippen LogP) is 11.6. The summed E-state index contributed by atoms with van der Waals surface area (Å²) in [5, 5.41) is 10.3. The highest BCUT2D eigenvalue weighted by Crippen LogP contribution is 2.54. The number of ether oxygens (including phenoxy) is 4. The van der Waals surface area contributed by atoms with Crippen molar-refractivity contribution in [1.29, 1.82) is 5.26 Å². The van der Waals surface area contributed by atoms with E-state index < -0.39 is 0 Å². The second kappa shape index (κ2) is 17.2. The van der Waals surface area contributed by atoms with Crippen molar-refractivity contribution in [2.75, 3.05) is 26.4 Å². The lowest BCUT2D eigenvalue weighted by Gasteiger charge is -2.22. The first kappa shape index (κ1) is 34.3. The van der Waals surface area contributed by atoms with Gasteiger partial charge in [0.25, 0.3) is 0 Å². The van der Waals surface area contributed by atoms with Crippen LogP contribution in [0.3, 0.4) is 0 Å². The van der Waals surface area contributed by atoms with Crippen molar-refractivity contribution in [3.63, 3.8) is 0 Å². The Kier molecular flexibility index (Phi) is 12.8. The number of nitrogens with zero attached hydrogens (tertiary/aromatic N) is 1. The predicted molar refractivity (Wildman–Crippen MR) is 190 cm³/mol. The molecule has 9 heteroatoms. The van der Waals surface area contributed by atoms with E-state index in [4.69, 9.17) is 18.9 Å². The molecule has 4 aromatic rings. The van der Waals surface area contributed by atoms with E-state index >= 15 is 0 Å². The molecule has 0 atom stereocenters. The third-order valence-corrected chi connectivity index (χ3v) is 11.1. The molecular formula is C37H39NO4S4. The second-order valence-corrected chi connectivity index (χ2v) is 14.7. The van der Waals surface area contributed by atoms with E-state index in [1.165, 1.54) is 11.8 Å². The standard InChI is InChI=1S/C37H39NO4S4/c1-5-20-39-33-26-12-9-13-27(33)44-30-16-11-17-31(35(30)41-22-7-3)46-37-25(24-38)18-19-32(36(37)42-23-8-4)45-29-15-10-14-28(43-26)34(29)40-21-6-2/h9-19H,5-8,20-23H2,1-4H3. The van der Waals surface area contributed by atoms with Crippen molar-refractivity contribution in [2.24, 2.45) is 0 Å². The summed E-state index contributed by atoms with van der Waals surface area (Å²) in [6.07, 6.45) is 3.51. The molecule has 0 aromatic heterocycles. The minimum Gasteiger partial charge on any atom is -0.491 e. The topological polar surface area (TPSA) is 60.7 Å². The smallest absolute Gasteiger partial charge is 0.148 e. The lowest BCUT2D eigenvalue weighted by atomic mass is 10.2. The molecule has 0 aliphatic carbocycles. The van der Waals surface area contributed by atoms with Gasteiger partial charge in [0.15, 0.2) is 0 Å². The van der Waals surface area contributed by atoms with Gasteiger partial charge in [-0.1, -0.05) is 92.9 Å². The summed E-state index contributed by atoms with van der Waals surface area (Å²) in [5.74, 6) is 3.21. The zero-order valence-corrected chi connectivity index (χ0v) is 30.0. The van der Waals surface area contributed by atoms with Crippen molar-refractivity contribution < 1.29 is 18.9 Å². The van der Waals surface area contributed by atoms with E-state index in [-0.39, 0.29) is 0 Å². The summed E-state index contributed by atoms with van der Waals surface area (Å²) in [5.41, 5.74) is 0.566. The average molecular weight is 690 g/mol. The number of hydrogen-bond donors (Lipinski definition) is 0. The number of rotatable bonds is 12. The van der Waals surface area contributed by atoms with Crippen molar-refractivity contribution in [3.8, 4) is 29.1 Å². The average Bonchev–Trinajstić information content (AvgIpc) is 3.07. The van der Waals surface area contributed by atoms with Crippen molar-refractivity contribution in [1.82, 2.24) is 0 Å². The van der Waals surface area contributed by atoms with Crippen LogP contribution in [-0.2, 0) is 0 Å². The molecule has 5 rings (SSSR count). The van der Waals surface area contributed by atoms with Gasteiger partial charge in [-0.05, 0) is 74.2 Å². The molecule has 0 amide bonds. The van der Waals surface area contributed by atoms with Gasteiger partial charge in [0, 0.05) is 0 Å². The second-order valence-electron chi connectivity index (χ2n) is 10.4. The number of hydrogen-bond acceptors (Lipinski definition) is 9. The number of para-hydroxylation sites is 3. The van der Waals surface area contributed by atoms with Gasteiger partial charge >= 0.3 is 0 Å². The molecule has 0 saturated heterocycles. The van der Waals surface area contributed by atoms with Crippen LogP contribution < -0.4 is 18.9 Å². The molecule has 0 N–H and O–H groups in total. The lowest BCUT2D eigenvalue weighted by Crippen LogP contribution is -2.03. The molecule has 0 spiro atoms. The van der Waals surface area contributed by atoms with Crippen LogP contribution in [0.15, 0.2) is 106 Å². The van der Waals surface area contributed by atoms with Crippen LogP contribution >= 0.6 is 47.0 Å². The quantitative estimate of drug-likeness (QED) is 0.127. The highest BCUT2D eigenvalue weighted by molar-refractivity contribution is 8.01. The van der Waals surface area contributed by atoms with Crippen LogP contribution in [-0.4, -0.2) is 26.4 Å². The Hall–Kier alpha value is -3.03. The van der Waals surface area contributed by atoms with Crippen molar-refractivity contribution in [3.05, 3.63) is 72.3 Å². The van der Waals surface area contributed by atoms with Crippen LogP contribution in [0.25, 0.3) is 0 Å². The Morgan fingerprint density at radius 3 is 1.13 bits per heavy atom. The van der Waals surface area contributed by atoms with Gasteiger partial charge in [-0.15, -0.1) is 0 Å². The number of nitriles is 1. The van der Waals surface area contributed by atoms with E-state index in [0.717, 1.165) is 82.1 Å². The summed E-state index contributed by atoms with van der Waals surface area (Å²) < 4.78 is 25.9. The largest absolute Gasteiger partial charge is 0.491 e. The maximum absolute atomic E-state index is 10.3. The zero-order valence-electron chi connectivity index (χ0n) is 26.7. The Morgan fingerprint density at radius 1 is 0.457 bits per heavy atom. The minimum atomic E-state index is 0.537. The molecule has 1 heterocycles. The first-order valence-corrected chi connectivity index (χ1v) is 19.1. The summed E-state index contributed by atoms with van der Waals surface area (Å²) in [4.78, 5) is 7.69. The van der Waals surface area contributed by atoms with E-state index in [0.29, 0.717) is 37.7 Å². The number of benzene rings is 4. The van der Waals surface area contributed by atoms with Crippen LogP contribution in [0, 0.1) is 11.3 Å². The summed E-state index contributed by atoms with van der Waals surface area (Å²) >= 11 is 6.44. The summed E-state index contributed by atoms with van der Waals surface area (Å²) in [6.45, 7) is 10.8. The molecule has 1 aliphatic rings. The third kappa shape index (κ3) is 8.09. The first-order chi connectivity index (χ1) is 22.6. The zero-order chi connectivity index (χ0) is 32.3. The molecule has 46 heavy (non-hydrogen) atoms. The van der Waals surface area contributed by atoms with Crippen LogP contribution in [0.5, 0.6) is 23.0 Å². The molecule has 240 valence electrons. The number of fused-ring (bicyclic) bond motifs is 8. The maximum Gasteiger partial charge on any atom is 0.148 e. The molecular weight excluding hydrogens is 651 g/mol. The van der Waals surface area contributed by atoms with Gasteiger partial charge in [-0.25, -0.2) is 0 Å². The molecule has 8 bridgehead atoms. The van der Waals surface area contributed by atoms with Crippen molar-refractivity contribution >= 4 is 47.0 Å². The highest BCUT2D eigenvalue weighted by Gasteiger charge is 2.24. The normalized spacial score (nSPS) is 12.2. The van der Waals surface area contributed by atoms with E-state index in [2.05, 4.69) is 88.4 Å². The molecule has 0 unspecified atom stereocenters. The molecule has 0 radical (unpaired) electrons. The van der Waals surface area contributed by atoms with Gasteiger partial charge in [-0.3, -0.25) is 0 Å². The fourth-order valence-corrected chi connectivity index (χ4v) is 9.14. The lowest BCUT2D eigenvalue weighted by molar-refractivity contribution is 0.299. The maximum atomic E-state index is 10.3. The Morgan fingerprint density at radius 2 is 0.783 bits per heavy atom. The van der Waals surface area contributed by atoms with Crippen molar-refractivity contribution in [2.45, 2.75) is 92.5 Å². The molecule has 0 saturated carbocycles. The van der Waals surface area contributed by atoms with Crippen LogP contribution in [0.2, 0.25) is 0 Å². The molecule has 5 nitrogen and oxygen atoms in total. The van der Waals surface area contributed by atoms with Crippen LogP contribution in [0.1, 0.15) is 58.9 Å². The Labute approximate surface area is 290 Å². The van der Waals surface area contributed by atoms with E-state index in [1.807, 2.05) is 12.1 Å². The van der Waals surface area contributed by atoms with Gasteiger partial charge in [0.05, 0.1) is 71.2 Å². The SMILES string of the molecule is CCCOc1c2cccc1Sc1cccc(c1OCCC)Sc1c(C#N)ccc(c1OCCC)Sc1cccc(c1OCCC)S2. The molecule has 0 fully saturated rings. The van der Waals surface area contributed by atoms with Gasteiger partial charge in [-0.2, -0.15) is 5.26 Å². The minimum absolute atomic E-state index is 0.537.